The number of hydrogen-bond donors (Lipinski definition) is 2. The van der Waals surface area contributed by atoms with Gasteiger partial charge >= 0.3 is 0 Å². The van der Waals surface area contributed by atoms with Gasteiger partial charge in [-0.15, -0.1) is 0 Å². The number of H-pyrrole nitrogens is 1. The van der Waals surface area contributed by atoms with E-state index in [-0.39, 0.29) is 23.0 Å². The molecule has 0 aliphatic carbocycles. The lowest BCUT2D eigenvalue weighted by atomic mass is 9.96. The molecule has 2 heterocycles. The van der Waals surface area contributed by atoms with E-state index in [4.69, 9.17) is 0 Å². The summed E-state index contributed by atoms with van der Waals surface area (Å²) in [5, 5.41) is 2.54. The number of nitrogens with one attached hydrogen (secondary N) is 2. The molecule has 0 aromatic carbocycles. The Morgan fingerprint density at radius 3 is 2.68 bits per heavy atom. The van der Waals surface area contributed by atoms with Gasteiger partial charge in [0, 0.05) is 5.41 Å². The van der Waals surface area contributed by atoms with Gasteiger partial charge in [-0.25, -0.2) is 9.97 Å². The normalized spacial score (nSPS) is 11.6. The number of carbonyl (C=O) groups excluding carboxylic acids is 1. The number of anilines is 1. The van der Waals surface area contributed by atoms with Crippen LogP contribution in [0.2, 0.25) is 0 Å². The minimum atomic E-state index is -0.584. The molecular weight excluding hydrogens is 314 g/mol. The Balaban J connectivity index is 2.45. The van der Waals surface area contributed by atoms with Gasteiger partial charge in [0.15, 0.2) is 11.2 Å². The fraction of sp³-hybridized carbons (Fsp3) is 0.364. The van der Waals surface area contributed by atoms with Gasteiger partial charge in [-0.1, -0.05) is 20.8 Å². The fourth-order valence-electron chi connectivity index (χ4n) is 1.25. The number of aromatic nitrogens is 4. The van der Waals surface area contributed by atoms with Crippen LogP contribution in [-0.4, -0.2) is 25.8 Å². The summed E-state index contributed by atoms with van der Waals surface area (Å²) in [6.45, 7) is 5.29. The monoisotopic (exact) mass is 325 g/mol. The second-order valence-corrected chi connectivity index (χ2v) is 5.80. The molecular formula is C11H12BrN5O2. The van der Waals surface area contributed by atoms with Crippen molar-refractivity contribution in [2.75, 3.05) is 5.32 Å². The van der Waals surface area contributed by atoms with E-state index in [1.165, 1.54) is 6.20 Å². The first-order chi connectivity index (χ1) is 8.77. The predicted molar refractivity (Wildman–Crippen MR) is 73.7 cm³/mol. The number of aromatic amines is 1. The molecule has 2 aromatic heterocycles. The van der Waals surface area contributed by atoms with Crippen molar-refractivity contribution in [2.24, 2.45) is 5.41 Å². The third-order valence-electron chi connectivity index (χ3n) is 2.30. The summed E-state index contributed by atoms with van der Waals surface area (Å²) >= 11 is 3.13. The lowest BCUT2D eigenvalue weighted by molar-refractivity contribution is -0.123. The second kappa shape index (κ2) is 4.69. The Kier molecular flexibility index (Phi) is 3.36. The van der Waals surface area contributed by atoms with Gasteiger partial charge in [-0.3, -0.25) is 19.9 Å². The van der Waals surface area contributed by atoms with E-state index in [1.807, 2.05) is 0 Å². The number of amides is 1. The minimum absolute atomic E-state index is 0.0639. The van der Waals surface area contributed by atoms with Crippen LogP contribution >= 0.6 is 15.9 Å². The number of halogens is 1. The van der Waals surface area contributed by atoms with Crippen molar-refractivity contribution in [3.8, 4) is 0 Å². The van der Waals surface area contributed by atoms with E-state index in [0.717, 1.165) is 0 Å². The van der Waals surface area contributed by atoms with Crippen molar-refractivity contribution in [2.45, 2.75) is 20.8 Å². The third kappa shape index (κ3) is 2.95. The highest BCUT2D eigenvalue weighted by atomic mass is 79.9. The van der Waals surface area contributed by atoms with Crippen LogP contribution in [0.4, 0.5) is 5.95 Å². The quantitative estimate of drug-likeness (QED) is 0.826. The zero-order valence-electron chi connectivity index (χ0n) is 10.6. The molecule has 0 atom stereocenters. The molecule has 2 N–H and O–H groups in total. The molecule has 100 valence electrons. The van der Waals surface area contributed by atoms with Crippen molar-refractivity contribution in [1.82, 2.24) is 19.9 Å². The first-order valence-electron chi connectivity index (χ1n) is 5.51. The topological polar surface area (TPSA) is 101 Å². The van der Waals surface area contributed by atoms with Crippen LogP contribution in [0.25, 0.3) is 11.2 Å². The Bertz CT molecular complexity index is 704. The van der Waals surface area contributed by atoms with Gasteiger partial charge < -0.3 is 0 Å². The van der Waals surface area contributed by atoms with Gasteiger partial charge in [0.05, 0.1) is 6.20 Å². The maximum absolute atomic E-state index is 11.8. The molecule has 2 rings (SSSR count). The van der Waals surface area contributed by atoms with E-state index >= 15 is 0 Å². The molecule has 7 nitrogen and oxygen atoms in total. The predicted octanol–water partition coefficient (Wildman–Crippen LogP) is 1.46. The molecule has 2 aromatic rings. The molecule has 0 radical (unpaired) electrons. The number of nitrogens with zero attached hydrogens (tertiary/aromatic N) is 3. The molecule has 0 saturated carbocycles. The van der Waals surface area contributed by atoms with Crippen LogP contribution in [0.1, 0.15) is 20.8 Å². The van der Waals surface area contributed by atoms with Crippen molar-refractivity contribution in [3.63, 3.8) is 0 Å². The molecule has 0 fully saturated rings. The fourth-order valence-corrected chi connectivity index (χ4v) is 1.53. The smallest absolute Gasteiger partial charge is 0.280 e. The van der Waals surface area contributed by atoms with E-state index in [1.54, 1.807) is 20.8 Å². The van der Waals surface area contributed by atoms with Crippen molar-refractivity contribution in [3.05, 3.63) is 21.2 Å². The minimum Gasteiger partial charge on any atom is -0.296 e. The van der Waals surface area contributed by atoms with Crippen LogP contribution < -0.4 is 10.9 Å². The molecule has 0 aliphatic heterocycles. The number of rotatable bonds is 1. The molecule has 0 unspecified atom stereocenters. The first kappa shape index (κ1) is 13.6. The summed E-state index contributed by atoms with van der Waals surface area (Å²) in [6, 6.07) is 0. The first-order valence-corrected chi connectivity index (χ1v) is 6.31. The zero-order chi connectivity index (χ0) is 14.2. The van der Waals surface area contributed by atoms with Crippen LogP contribution in [-0.2, 0) is 4.79 Å². The highest BCUT2D eigenvalue weighted by molar-refractivity contribution is 9.10. The SMILES string of the molecule is CC(C)(C)C(=O)Nc1nc2ncc(Br)nc2c(=O)[nH]1. The molecule has 0 saturated heterocycles. The van der Waals surface area contributed by atoms with E-state index in [2.05, 4.69) is 41.2 Å². The zero-order valence-corrected chi connectivity index (χ0v) is 12.2. The van der Waals surface area contributed by atoms with Crippen LogP contribution in [0.3, 0.4) is 0 Å². The summed E-state index contributed by atoms with van der Waals surface area (Å²) < 4.78 is 0.443. The Labute approximate surface area is 117 Å². The molecule has 19 heavy (non-hydrogen) atoms. The molecule has 0 bridgehead atoms. The number of carbonyl (C=O) groups is 1. The second-order valence-electron chi connectivity index (χ2n) is 4.98. The average Bonchev–Trinajstić information content (AvgIpc) is 2.29. The van der Waals surface area contributed by atoms with Crippen molar-refractivity contribution < 1.29 is 4.79 Å². The highest BCUT2D eigenvalue weighted by Crippen LogP contribution is 2.15. The summed E-state index contributed by atoms with van der Waals surface area (Å²) in [5.74, 6) is -0.186. The Hall–Kier alpha value is -1.83. The molecule has 1 amide bonds. The van der Waals surface area contributed by atoms with E-state index in [9.17, 15) is 9.59 Å². The van der Waals surface area contributed by atoms with Gasteiger partial charge in [0.2, 0.25) is 11.9 Å². The molecule has 8 heteroatoms. The Morgan fingerprint density at radius 1 is 1.37 bits per heavy atom. The Morgan fingerprint density at radius 2 is 2.05 bits per heavy atom. The largest absolute Gasteiger partial charge is 0.296 e. The number of hydrogen-bond acceptors (Lipinski definition) is 5. The van der Waals surface area contributed by atoms with Gasteiger partial charge in [-0.2, -0.15) is 4.98 Å². The molecule has 0 spiro atoms. The van der Waals surface area contributed by atoms with Crippen LogP contribution in [0, 0.1) is 5.41 Å². The lowest BCUT2D eigenvalue weighted by Gasteiger charge is -2.16. The summed E-state index contributed by atoms with van der Waals surface area (Å²) in [5.41, 5.74) is -0.749. The van der Waals surface area contributed by atoms with Gasteiger partial charge in [0.25, 0.3) is 5.56 Å². The standard InChI is InChI=1S/C11H12BrN5O2/c1-11(2,3)9(19)17-10-15-7-6(8(18)16-10)14-5(12)4-13-7/h4H,1-3H3,(H2,13,15,16,17,18,19). The third-order valence-corrected chi connectivity index (χ3v) is 2.68. The van der Waals surface area contributed by atoms with Crippen molar-refractivity contribution in [1.29, 1.82) is 0 Å². The maximum Gasteiger partial charge on any atom is 0.280 e. The average molecular weight is 326 g/mol. The lowest BCUT2D eigenvalue weighted by Crippen LogP contribution is -2.29. The van der Waals surface area contributed by atoms with Crippen molar-refractivity contribution >= 4 is 38.9 Å². The summed E-state index contributed by atoms with van der Waals surface area (Å²) in [7, 11) is 0. The highest BCUT2D eigenvalue weighted by Gasteiger charge is 2.22. The summed E-state index contributed by atoms with van der Waals surface area (Å²) in [6.07, 6.45) is 1.43. The van der Waals surface area contributed by atoms with Gasteiger partial charge in [-0.05, 0) is 15.9 Å². The van der Waals surface area contributed by atoms with Crippen LogP contribution in [0.15, 0.2) is 15.6 Å². The van der Waals surface area contributed by atoms with E-state index < -0.39 is 11.0 Å². The van der Waals surface area contributed by atoms with E-state index in [0.29, 0.717) is 4.60 Å². The summed E-state index contributed by atoms with van der Waals surface area (Å²) in [4.78, 5) is 38.1. The van der Waals surface area contributed by atoms with Crippen LogP contribution in [0.5, 0.6) is 0 Å². The van der Waals surface area contributed by atoms with Gasteiger partial charge in [0.1, 0.15) is 4.60 Å². The molecule has 0 aliphatic rings. The maximum atomic E-state index is 11.8. The number of fused-ring (bicyclic) bond motifs is 1.